The number of nitrogens with one attached hydrogen (secondary N) is 1. The number of aryl methyl sites for hydroxylation is 1. The Hall–Kier alpha value is -3.01. The second-order valence-corrected chi connectivity index (χ2v) is 4.88. The van der Waals surface area contributed by atoms with E-state index in [2.05, 4.69) is 15.3 Å². The average molecular weight is 289 g/mol. The summed E-state index contributed by atoms with van der Waals surface area (Å²) < 4.78 is 0. The molecule has 22 heavy (non-hydrogen) atoms. The Morgan fingerprint density at radius 1 is 0.955 bits per heavy atom. The highest BCUT2D eigenvalue weighted by Crippen LogP contribution is 2.18. The highest BCUT2D eigenvalue weighted by atomic mass is 16.1. The number of rotatable bonds is 3. The van der Waals surface area contributed by atoms with Crippen molar-refractivity contribution in [2.75, 3.05) is 5.32 Å². The molecular formula is C18H15N3O. The van der Waals surface area contributed by atoms with Gasteiger partial charge in [0.2, 0.25) is 0 Å². The Morgan fingerprint density at radius 2 is 1.59 bits per heavy atom. The molecule has 0 aliphatic heterocycles. The number of carbonyl (C=O) groups excluding carboxylic acids is 1. The number of anilines is 1. The molecule has 4 heteroatoms. The summed E-state index contributed by atoms with van der Waals surface area (Å²) >= 11 is 0. The van der Waals surface area contributed by atoms with Gasteiger partial charge >= 0.3 is 0 Å². The van der Waals surface area contributed by atoms with Crippen LogP contribution in [0.5, 0.6) is 0 Å². The molecule has 0 atom stereocenters. The lowest BCUT2D eigenvalue weighted by atomic mass is 10.2. The molecule has 1 N–H and O–H groups in total. The fourth-order valence-electron chi connectivity index (χ4n) is 2.10. The lowest BCUT2D eigenvalue weighted by Crippen LogP contribution is -2.13. The fourth-order valence-corrected chi connectivity index (χ4v) is 2.10. The molecule has 0 unspecified atom stereocenters. The second kappa shape index (κ2) is 6.18. The van der Waals surface area contributed by atoms with E-state index in [1.807, 2.05) is 55.5 Å². The van der Waals surface area contributed by atoms with Crippen LogP contribution in [0.4, 0.5) is 5.69 Å². The third-order valence-electron chi connectivity index (χ3n) is 3.30. The maximum absolute atomic E-state index is 12.2. The van der Waals surface area contributed by atoms with Gasteiger partial charge in [-0.2, -0.15) is 0 Å². The minimum atomic E-state index is -0.167. The fraction of sp³-hybridized carbons (Fsp3) is 0.0556. The van der Waals surface area contributed by atoms with Gasteiger partial charge in [0, 0.05) is 11.1 Å². The molecule has 2 aromatic carbocycles. The predicted octanol–water partition coefficient (Wildman–Crippen LogP) is 3.70. The molecule has 4 nitrogen and oxygen atoms in total. The number of nitrogens with zero attached hydrogens (tertiary/aromatic N) is 2. The van der Waals surface area contributed by atoms with Gasteiger partial charge in [0.15, 0.2) is 5.82 Å². The SMILES string of the molecule is Cc1nc(-c2ccccc2)ncc1NC(=O)c1ccccc1. The molecule has 0 bridgehead atoms. The van der Waals surface area contributed by atoms with Crippen molar-refractivity contribution in [3.05, 3.63) is 78.1 Å². The second-order valence-electron chi connectivity index (χ2n) is 4.88. The summed E-state index contributed by atoms with van der Waals surface area (Å²) in [7, 11) is 0. The Balaban J connectivity index is 1.83. The molecule has 0 radical (unpaired) electrons. The lowest BCUT2D eigenvalue weighted by molar-refractivity contribution is 0.102. The number of aromatic nitrogens is 2. The first-order valence-corrected chi connectivity index (χ1v) is 6.99. The van der Waals surface area contributed by atoms with Crippen LogP contribution in [0.25, 0.3) is 11.4 Å². The van der Waals surface area contributed by atoms with Gasteiger partial charge in [-0.3, -0.25) is 4.79 Å². The minimum absolute atomic E-state index is 0.167. The summed E-state index contributed by atoms with van der Waals surface area (Å²) in [5, 5.41) is 2.84. The monoisotopic (exact) mass is 289 g/mol. The summed E-state index contributed by atoms with van der Waals surface area (Å²) in [5.74, 6) is 0.482. The zero-order chi connectivity index (χ0) is 15.4. The smallest absolute Gasteiger partial charge is 0.255 e. The lowest BCUT2D eigenvalue weighted by Gasteiger charge is -2.09. The van der Waals surface area contributed by atoms with Crippen molar-refractivity contribution in [2.24, 2.45) is 0 Å². The van der Waals surface area contributed by atoms with Crippen molar-refractivity contribution in [3.63, 3.8) is 0 Å². The van der Waals surface area contributed by atoms with E-state index in [9.17, 15) is 4.79 Å². The molecule has 0 aliphatic rings. The number of hydrogen-bond acceptors (Lipinski definition) is 3. The Labute approximate surface area is 128 Å². The van der Waals surface area contributed by atoms with Crippen LogP contribution in [-0.4, -0.2) is 15.9 Å². The molecule has 0 fully saturated rings. The highest BCUT2D eigenvalue weighted by Gasteiger charge is 2.09. The zero-order valence-corrected chi connectivity index (χ0v) is 12.2. The van der Waals surface area contributed by atoms with E-state index in [0.29, 0.717) is 17.1 Å². The van der Waals surface area contributed by atoms with Crippen LogP contribution in [0.3, 0.4) is 0 Å². The summed E-state index contributed by atoms with van der Waals surface area (Å²) in [6.07, 6.45) is 1.64. The van der Waals surface area contributed by atoms with Crippen LogP contribution in [0, 0.1) is 6.92 Å². The minimum Gasteiger partial charge on any atom is -0.319 e. The van der Waals surface area contributed by atoms with Crippen LogP contribution in [0.2, 0.25) is 0 Å². The van der Waals surface area contributed by atoms with Crippen molar-refractivity contribution in [1.29, 1.82) is 0 Å². The van der Waals surface area contributed by atoms with Gasteiger partial charge < -0.3 is 5.32 Å². The molecular weight excluding hydrogens is 274 g/mol. The summed E-state index contributed by atoms with van der Waals surface area (Å²) in [5.41, 5.74) is 2.91. The van der Waals surface area contributed by atoms with Crippen LogP contribution in [0.1, 0.15) is 16.1 Å². The number of carbonyl (C=O) groups is 1. The van der Waals surface area contributed by atoms with E-state index in [4.69, 9.17) is 0 Å². The van der Waals surface area contributed by atoms with E-state index in [1.54, 1.807) is 18.3 Å². The quantitative estimate of drug-likeness (QED) is 0.799. The third kappa shape index (κ3) is 3.01. The molecule has 108 valence electrons. The first-order chi connectivity index (χ1) is 10.7. The summed E-state index contributed by atoms with van der Waals surface area (Å²) in [6, 6.07) is 18.8. The maximum Gasteiger partial charge on any atom is 0.255 e. The molecule has 0 aliphatic carbocycles. The largest absolute Gasteiger partial charge is 0.319 e. The number of amides is 1. The molecule has 0 saturated carbocycles. The molecule has 1 amide bonds. The number of benzene rings is 2. The van der Waals surface area contributed by atoms with Crippen molar-refractivity contribution < 1.29 is 4.79 Å². The highest BCUT2D eigenvalue weighted by molar-refractivity contribution is 6.04. The van der Waals surface area contributed by atoms with E-state index in [-0.39, 0.29) is 5.91 Å². The van der Waals surface area contributed by atoms with Crippen molar-refractivity contribution in [2.45, 2.75) is 6.92 Å². The van der Waals surface area contributed by atoms with Gasteiger partial charge in [-0.15, -0.1) is 0 Å². The van der Waals surface area contributed by atoms with Gasteiger partial charge in [0.1, 0.15) is 0 Å². The molecule has 1 aromatic heterocycles. The molecule has 0 spiro atoms. The van der Waals surface area contributed by atoms with Gasteiger partial charge in [0.25, 0.3) is 5.91 Å². The van der Waals surface area contributed by atoms with E-state index < -0.39 is 0 Å². The van der Waals surface area contributed by atoms with Crippen molar-refractivity contribution >= 4 is 11.6 Å². The predicted molar refractivity (Wildman–Crippen MR) is 86.6 cm³/mol. The zero-order valence-electron chi connectivity index (χ0n) is 12.2. The van der Waals surface area contributed by atoms with Gasteiger partial charge in [-0.05, 0) is 19.1 Å². The first kappa shape index (κ1) is 13.9. The number of hydrogen-bond donors (Lipinski definition) is 1. The Kier molecular flexibility index (Phi) is 3.92. The Morgan fingerprint density at radius 3 is 2.23 bits per heavy atom. The van der Waals surface area contributed by atoms with Crippen molar-refractivity contribution in [1.82, 2.24) is 9.97 Å². The first-order valence-electron chi connectivity index (χ1n) is 6.99. The van der Waals surface area contributed by atoms with Crippen LogP contribution in [-0.2, 0) is 0 Å². The van der Waals surface area contributed by atoms with Gasteiger partial charge in [-0.25, -0.2) is 9.97 Å². The maximum atomic E-state index is 12.2. The molecule has 1 heterocycles. The molecule has 3 aromatic rings. The van der Waals surface area contributed by atoms with Crippen molar-refractivity contribution in [3.8, 4) is 11.4 Å². The van der Waals surface area contributed by atoms with Gasteiger partial charge in [0.05, 0.1) is 17.6 Å². The van der Waals surface area contributed by atoms with E-state index >= 15 is 0 Å². The van der Waals surface area contributed by atoms with E-state index in [1.165, 1.54) is 0 Å². The summed E-state index contributed by atoms with van der Waals surface area (Å²) in [4.78, 5) is 20.9. The molecule has 0 saturated heterocycles. The van der Waals surface area contributed by atoms with Gasteiger partial charge in [-0.1, -0.05) is 48.5 Å². The van der Waals surface area contributed by atoms with Crippen LogP contribution in [0.15, 0.2) is 66.9 Å². The summed E-state index contributed by atoms with van der Waals surface area (Å²) in [6.45, 7) is 1.86. The third-order valence-corrected chi connectivity index (χ3v) is 3.30. The average Bonchev–Trinajstić information content (AvgIpc) is 2.58. The topological polar surface area (TPSA) is 54.9 Å². The molecule has 3 rings (SSSR count). The van der Waals surface area contributed by atoms with Crippen LogP contribution >= 0.6 is 0 Å². The van der Waals surface area contributed by atoms with E-state index in [0.717, 1.165) is 11.3 Å². The Bertz CT molecular complexity index is 786. The van der Waals surface area contributed by atoms with Crippen LogP contribution < -0.4 is 5.32 Å². The normalized spacial score (nSPS) is 10.2. The standard InChI is InChI=1S/C18H15N3O/c1-13-16(21-18(22)15-10-6-3-7-11-15)12-19-17(20-13)14-8-4-2-5-9-14/h2-12H,1H3,(H,21,22).